The standard InChI is InChI=1S/C21H24N4O3S2/c1-14-7-8-17(27-2)16(11-14)22-19(26)13-30-21-24-23-20(18-6-4-10-29-18)25(21)12-15-5-3-9-28-15/h4,6-8,10-11,15H,3,5,9,12-13H2,1-2H3,(H,22,26). The van der Waals surface area contributed by atoms with E-state index >= 15 is 0 Å². The lowest BCUT2D eigenvalue weighted by atomic mass is 10.2. The van der Waals surface area contributed by atoms with Crippen LogP contribution in [0.2, 0.25) is 0 Å². The summed E-state index contributed by atoms with van der Waals surface area (Å²) >= 11 is 3.01. The van der Waals surface area contributed by atoms with Gasteiger partial charge < -0.3 is 14.8 Å². The lowest BCUT2D eigenvalue weighted by Gasteiger charge is -2.14. The fourth-order valence-corrected chi connectivity index (χ4v) is 4.84. The number of aromatic nitrogens is 3. The minimum atomic E-state index is -0.117. The number of anilines is 1. The molecule has 1 aliphatic rings. The van der Waals surface area contributed by atoms with E-state index in [1.807, 2.05) is 42.6 Å². The van der Waals surface area contributed by atoms with Crippen molar-refractivity contribution in [1.29, 1.82) is 0 Å². The Morgan fingerprint density at radius 2 is 2.30 bits per heavy atom. The van der Waals surface area contributed by atoms with Crippen molar-refractivity contribution in [3.05, 3.63) is 41.3 Å². The summed E-state index contributed by atoms with van der Waals surface area (Å²) in [7, 11) is 1.59. The van der Waals surface area contributed by atoms with Crippen molar-refractivity contribution in [1.82, 2.24) is 14.8 Å². The SMILES string of the molecule is COc1ccc(C)cc1NC(=O)CSc1nnc(-c2cccs2)n1CC1CCCO1. The minimum absolute atomic E-state index is 0.117. The first-order valence-electron chi connectivity index (χ1n) is 9.80. The van der Waals surface area contributed by atoms with E-state index in [-0.39, 0.29) is 17.8 Å². The van der Waals surface area contributed by atoms with Crippen LogP contribution in [0.25, 0.3) is 10.7 Å². The number of thiophene rings is 1. The molecule has 3 aromatic rings. The summed E-state index contributed by atoms with van der Waals surface area (Å²) in [5.41, 5.74) is 1.72. The van der Waals surface area contributed by atoms with Crippen LogP contribution in [0.15, 0.2) is 40.9 Å². The average molecular weight is 445 g/mol. The molecule has 1 amide bonds. The highest BCUT2D eigenvalue weighted by Gasteiger charge is 2.22. The van der Waals surface area contributed by atoms with Gasteiger partial charge in [-0.3, -0.25) is 9.36 Å². The zero-order valence-electron chi connectivity index (χ0n) is 17.0. The number of amides is 1. The molecule has 1 N–H and O–H groups in total. The molecule has 30 heavy (non-hydrogen) atoms. The van der Waals surface area contributed by atoms with Crippen LogP contribution in [0, 0.1) is 6.92 Å². The van der Waals surface area contributed by atoms with Crippen LogP contribution in [0.1, 0.15) is 18.4 Å². The van der Waals surface area contributed by atoms with Crippen molar-refractivity contribution in [3.8, 4) is 16.5 Å². The first-order valence-corrected chi connectivity index (χ1v) is 11.7. The first kappa shape index (κ1) is 20.9. The number of hydrogen-bond acceptors (Lipinski definition) is 7. The fourth-order valence-electron chi connectivity index (χ4n) is 3.38. The number of carbonyl (C=O) groups excluding carboxylic acids is 1. The molecule has 0 bridgehead atoms. The Bertz CT molecular complexity index is 998. The van der Waals surface area contributed by atoms with Crippen LogP contribution in [-0.2, 0) is 16.1 Å². The third-order valence-corrected chi connectivity index (χ3v) is 6.66. The molecule has 1 fully saturated rings. The van der Waals surface area contributed by atoms with E-state index < -0.39 is 0 Å². The number of hydrogen-bond donors (Lipinski definition) is 1. The van der Waals surface area contributed by atoms with Crippen molar-refractivity contribution in [2.24, 2.45) is 0 Å². The van der Waals surface area contributed by atoms with Crippen LogP contribution in [0.5, 0.6) is 5.75 Å². The topological polar surface area (TPSA) is 78.3 Å². The summed E-state index contributed by atoms with van der Waals surface area (Å²) in [6.07, 6.45) is 2.26. The van der Waals surface area contributed by atoms with E-state index in [9.17, 15) is 4.79 Å². The summed E-state index contributed by atoms with van der Waals surface area (Å²) in [6, 6.07) is 9.73. The number of carbonyl (C=O) groups is 1. The predicted molar refractivity (Wildman–Crippen MR) is 119 cm³/mol. The Kier molecular flexibility index (Phi) is 6.71. The van der Waals surface area contributed by atoms with Gasteiger partial charge in [0.2, 0.25) is 5.91 Å². The molecule has 9 heteroatoms. The summed E-state index contributed by atoms with van der Waals surface area (Å²) in [4.78, 5) is 13.6. The molecule has 1 aromatic carbocycles. The van der Waals surface area contributed by atoms with Gasteiger partial charge in [0, 0.05) is 6.61 Å². The van der Waals surface area contributed by atoms with Crippen LogP contribution >= 0.6 is 23.1 Å². The van der Waals surface area contributed by atoms with Gasteiger partial charge in [-0.15, -0.1) is 21.5 Å². The molecule has 1 aliphatic heterocycles. The number of thioether (sulfide) groups is 1. The number of ether oxygens (including phenoxy) is 2. The number of rotatable bonds is 8. The van der Waals surface area contributed by atoms with Crippen LogP contribution in [0.4, 0.5) is 5.69 Å². The third-order valence-electron chi connectivity index (χ3n) is 4.83. The van der Waals surface area contributed by atoms with Crippen LogP contribution in [0.3, 0.4) is 0 Å². The molecule has 1 unspecified atom stereocenters. The van der Waals surface area contributed by atoms with Gasteiger partial charge in [-0.25, -0.2) is 0 Å². The van der Waals surface area contributed by atoms with E-state index in [1.54, 1.807) is 18.4 Å². The molecular weight excluding hydrogens is 420 g/mol. The minimum Gasteiger partial charge on any atom is -0.495 e. The zero-order valence-corrected chi connectivity index (χ0v) is 18.6. The second-order valence-electron chi connectivity index (χ2n) is 7.07. The number of aryl methyl sites for hydroxylation is 1. The molecule has 0 spiro atoms. The smallest absolute Gasteiger partial charge is 0.234 e. The van der Waals surface area contributed by atoms with Crippen molar-refractivity contribution < 1.29 is 14.3 Å². The first-order chi connectivity index (χ1) is 14.6. The molecule has 158 valence electrons. The van der Waals surface area contributed by atoms with Crippen molar-refractivity contribution in [2.75, 3.05) is 24.8 Å². The highest BCUT2D eigenvalue weighted by molar-refractivity contribution is 7.99. The van der Waals surface area contributed by atoms with Crippen LogP contribution < -0.4 is 10.1 Å². The highest BCUT2D eigenvalue weighted by atomic mass is 32.2. The highest BCUT2D eigenvalue weighted by Crippen LogP contribution is 2.30. The van der Waals surface area contributed by atoms with E-state index in [4.69, 9.17) is 9.47 Å². The van der Waals surface area contributed by atoms with Crippen LogP contribution in [-0.4, -0.2) is 46.2 Å². The third kappa shape index (κ3) is 4.85. The molecule has 4 rings (SSSR count). The molecular formula is C21H24N4O3S2. The summed E-state index contributed by atoms with van der Waals surface area (Å²) < 4.78 is 13.2. The summed E-state index contributed by atoms with van der Waals surface area (Å²) in [6.45, 7) is 3.46. The van der Waals surface area contributed by atoms with Gasteiger partial charge in [0.25, 0.3) is 0 Å². The van der Waals surface area contributed by atoms with Crippen molar-refractivity contribution in [2.45, 2.75) is 37.6 Å². The Hall–Kier alpha value is -2.36. The lowest BCUT2D eigenvalue weighted by molar-refractivity contribution is -0.113. The maximum atomic E-state index is 12.6. The van der Waals surface area contributed by atoms with Gasteiger partial charge in [-0.05, 0) is 48.9 Å². The van der Waals surface area contributed by atoms with E-state index in [1.165, 1.54) is 11.8 Å². The predicted octanol–water partition coefficient (Wildman–Crippen LogP) is 4.23. The molecule has 0 aliphatic carbocycles. The second kappa shape index (κ2) is 9.63. The van der Waals surface area contributed by atoms with Crippen molar-refractivity contribution in [3.63, 3.8) is 0 Å². The quantitative estimate of drug-likeness (QED) is 0.524. The molecule has 7 nitrogen and oxygen atoms in total. The molecule has 3 heterocycles. The number of nitrogens with zero attached hydrogens (tertiary/aromatic N) is 3. The molecule has 1 atom stereocenters. The van der Waals surface area contributed by atoms with Gasteiger partial charge in [-0.1, -0.05) is 23.9 Å². The lowest BCUT2D eigenvalue weighted by Crippen LogP contribution is -2.18. The molecule has 0 radical (unpaired) electrons. The molecule has 1 saturated heterocycles. The maximum absolute atomic E-state index is 12.6. The van der Waals surface area contributed by atoms with Gasteiger partial charge in [0.05, 0.1) is 36.1 Å². The van der Waals surface area contributed by atoms with Gasteiger partial charge in [-0.2, -0.15) is 0 Å². The largest absolute Gasteiger partial charge is 0.495 e. The number of benzene rings is 1. The van der Waals surface area contributed by atoms with Gasteiger partial charge in [0.1, 0.15) is 5.75 Å². The Morgan fingerprint density at radius 1 is 1.40 bits per heavy atom. The van der Waals surface area contributed by atoms with E-state index in [0.29, 0.717) is 18.0 Å². The van der Waals surface area contributed by atoms with Gasteiger partial charge >= 0.3 is 0 Å². The Labute approximate surface area is 183 Å². The fraction of sp³-hybridized carbons (Fsp3) is 0.381. The Balaban J connectivity index is 1.47. The molecule has 0 saturated carbocycles. The maximum Gasteiger partial charge on any atom is 0.234 e. The summed E-state index contributed by atoms with van der Waals surface area (Å²) in [5.74, 6) is 1.57. The average Bonchev–Trinajstić information content (AvgIpc) is 3.49. The van der Waals surface area contributed by atoms with Crippen molar-refractivity contribution >= 4 is 34.7 Å². The normalized spacial score (nSPS) is 16.0. The Morgan fingerprint density at radius 3 is 3.03 bits per heavy atom. The molecule has 2 aromatic heterocycles. The van der Waals surface area contributed by atoms with Gasteiger partial charge in [0.15, 0.2) is 11.0 Å². The summed E-state index contributed by atoms with van der Waals surface area (Å²) in [5, 5.41) is 14.4. The second-order valence-corrected chi connectivity index (χ2v) is 8.96. The van der Waals surface area contributed by atoms with E-state index in [0.717, 1.165) is 40.9 Å². The number of nitrogens with one attached hydrogen (secondary N) is 1. The van der Waals surface area contributed by atoms with E-state index in [2.05, 4.69) is 20.1 Å². The number of methoxy groups -OCH3 is 1. The zero-order chi connectivity index (χ0) is 20.9. The monoisotopic (exact) mass is 444 g/mol.